The SMILES string of the molecule is COc1ccc(C(=O)CCCCCCC(=O)N[C@@H](Cc2ccc3c(c2)OCCO3)CN2CCCC2)cc1. The molecule has 2 aliphatic rings. The topological polar surface area (TPSA) is 77.1 Å². The van der Waals surface area contributed by atoms with Crippen LogP contribution in [0.4, 0.5) is 0 Å². The summed E-state index contributed by atoms with van der Waals surface area (Å²) in [6.45, 7) is 4.22. The van der Waals surface area contributed by atoms with Crippen LogP contribution in [0.15, 0.2) is 42.5 Å². The van der Waals surface area contributed by atoms with Gasteiger partial charge in [0, 0.05) is 31.0 Å². The van der Waals surface area contributed by atoms with Crippen molar-refractivity contribution in [3.05, 3.63) is 53.6 Å². The van der Waals surface area contributed by atoms with E-state index >= 15 is 0 Å². The Labute approximate surface area is 220 Å². The van der Waals surface area contributed by atoms with Crippen LogP contribution < -0.4 is 19.5 Å². The highest BCUT2D eigenvalue weighted by atomic mass is 16.6. The van der Waals surface area contributed by atoms with Crippen molar-refractivity contribution in [2.75, 3.05) is 40.0 Å². The Kier molecular flexibility index (Phi) is 10.2. The molecule has 37 heavy (non-hydrogen) atoms. The molecule has 1 saturated heterocycles. The van der Waals surface area contributed by atoms with Crippen LogP contribution in [-0.2, 0) is 11.2 Å². The number of ether oxygens (including phenoxy) is 3. The normalized spacial score (nSPS) is 15.8. The number of Topliss-reactive ketones (excluding diaryl/α,β-unsaturated/α-hetero) is 1. The zero-order chi connectivity index (χ0) is 25.9. The maximum Gasteiger partial charge on any atom is 0.220 e. The number of ketones is 1. The molecule has 2 heterocycles. The molecule has 0 spiro atoms. The van der Waals surface area contributed by atoms with Gasteiger partial charge in [0.25, 0.3) is 0 Å². The van der Waals surface area contributed by atoms with Gasteiger partial charge in [-0.2, -0.15) is 0 Å². The second kappa shape index (κ2) is 14.0. The number of methoxy groups -OCH3 is 1. The summed E-state index contributed by atoms with van der Waals surface area (Å²) in [5, 5.41) is 3.30. The molecule has 2 aromatic rings. The van der Waals surface area contributed by atoms with Crippen molar-refractivity contribution in [2.24, 2.45) is 0 Å². The standard InChI is InChI=1S/C30H40N2O5/c1-35-26-13-11-24(12-14-26)27(33)8-4-2-3-5-9-30(34)31-25(22-32-16-6-7-17-32)20-23-10-15-28-29(21-23)37-19-18-36-28/h10-15,21,25H,2-9,16-20,22H2,1H3,(H,31,34)/t25-/m0/s1. The molecule has 1 N–H and O–H groups in total. The highest BCUT2D eigenvalue weighted by Crippen LogP contribution is 2.31. The average Bonchev–Trinajstić information content (AvgIpc) is 3.43. The third-order valence-corrected chi connectivity index (χ3v) is 7.10. The Bertz CT molecular complexity index is 1020. The van der Waals surface area contributed by atoms with E-state index in [1.165, 1.54) is 12.8 Å². The molecule has 0 radical (unpaired) electrons. The van der Waals surface area contributed by atoms with Gasteiger partial charge in [-0.05, 0) is 87.2 Å². The van der Waals surface area contributed by atoms with E-state index in [-0.39, 0.29) is 17.7 Å². The van der Waals surface area contributed by atoms with Crippen molar-refractivity contribution in [2.45, 2.75) is 63.8 Å². The Balaban J connectivity index is 1.18. The molecule has 0 saturated carbocycles. The van der Waals surface area contributed by atoms with Crippen LogP contribution in [0.3, 0.4) is 0 Å². The molecule has 0 aliphatic carbocycles. The zero-order valence-electron chi connectivity index (χ0n) is 22.0. The fraction of sp³-hybridized carbons (Fsp3) is 0.533. The third kappa shape index (κ3) is 8.49. The summed E-state index contributed by atoms with van der Waals surface area (Å²) in [6, 6.07) is 13.4. The number of benzene rings is 2. The average molecular weight is 509 g/mol. The van der Waals surface area contributed by atoms with E-state index in [0.29, 0.717) is 26.1 Å². The highest BCUT2D eigenvalue weighted by Gasteiger charge is 2.21. The molecule has 4 rings (SSSR count). The largest absolute Gasteiger partial charge is 0.497 e. The Morgan fingerprint density at radius 1 is 0.919 bits per heavy atom. The monoisotopic (exact) mass is 508 g/mol. The van der Waals surface area contributed by atoms with Gasteiger partial charge in [-0.3, -0.25) is 9.59 Å². The van der Waals surface area contributed by atoms with Gasteiger partial charge >= 0.3 is 0 Å². The molecule has 0 unspecified atom stereocenters. The van der Waals surface area contributed by atoms with Crippen LogP contribution in [-0.4, -0.2) is 62.6 Å². The first-order valence-electron chi connectivity index (χ1n) is 13.7. The molecule has 7 heteroatoms. The number of rotatable bonds is 14. The molecule has 1 fully saturated rings. The molecule has 2 aliphatic heterocycles. The van der Waals surface area contributed by atoms with Gasteiger partial charge in [0.05, 0.1) is 7.11 Å². The minimum Gasteiger partial charge on any atom is -0.497 e. The van der Waals surface area contributed by atoms with E-state index in [9.17, 15) is 9.59 Å². The van der Waals surface area contributed by atoms with Crippen LogP contribution in [0, 0.1) is 0 Å². The number of amides is 1. The summed E-state index contributed by atoms with van der Waals surface area (Å²) >= 11 is 0. The lowest BCUT2D eigenvalue weighted by Gasteiger charge is -2.25. The fourth-order valence-corrected chi connectivity index (χ4v) is 5.08. The van der Waals surface area contributed by atoms with Crippen molar-refractivity contribution < 1.29 is 23.8 Å². The summed E-state index contributed by atoms with van der Waals surface area (Å²) in [7, 11) is 1.62. The van der Waals surface area contributed by atoms with Gasteiger partial charge in [0.15, 0.2) is 17.3 Å². The first-order chi connectivity index (χ1) is 18.1. The molecule has 1 atom stereocenters. The van der Waals surface area contributed by atoms with Crippen molar-refractivity contribution in [3.63, 3.8) is 0 Å². The summed E-state index contributed by atoms with van der Waals surface area (Å²) in [6.07, 6.45) is 7.85. The molecule has 0 aromatic heterocycles. The summed E-state index contributed by atoms with van der Waals surface area (Å²) in [5.41, 5.74) is 1.87. The number of carbonyl (C=O) groups is 2. The maximum absolute atomic E-state index is 12.8. The maximum atomic E-state index is 12.8. The predicted octanol–water partition coefficient (Wildman–Crippen LogP) is 4.81. The number of unbranched alkanes of at least 4 members (excludes halogenated alkanes) is 3. The Hall–Kier alpha value is -3.06. The minimum absolute atomic E-state index is 0.0651. The van der Waals surface area contributed by atoms with Gasteiger partial charge in [0.2, 0.25) is 5.91 Å². The number of nitrogens with zero attached hydrogens (tertiary/aromatic N) is 1. The van der Waals surface area contributed by atoms with E-state index in [2.05, 4.69) is 16.3 Å². The smallest absolute Gasteiger partial charge is 0.220 e. The van der Waals surface area contributed by atoms with Crippen LogP contribution >= 0.6 is 0 Å². The van der Waals surface area contributed by atoms with Crippen molar-refractivity contribution in [1.82, 2.24) is 10.2 Å². The van der Waals surface area contributed by atoms with Crippen molar-refractivity contribution in [1.29, 1.82) is 0 Å². The summed E-state index contributed by atoms with van der Waals surface area (Å²) in [4.78, 5) is 27.6. The lowest BCUT2D eigenvalue weighted by Crippen LogP contribution is -2.44. The predicted molar refractivity (Wildman–Crippen MR) is 144 cm³/mol. The number of hydrogen-bond acceptors (Lipinski definition) is 6. The van der Waals surface area contributed by atoms with E-state index in [0.717, 1.165) is 80.1 Å². The summed E-state index contributed by atoms with van der Waals surface area (Å²) in [5.74, 6) is 2.60. The van der Waals surface area contributed by atoms with Crippen LogP contribution in [0.5, 0.6) is 17.2 Å². The van der Waals surface area contributed by atoms with E-state index < -0.39 is 0 Å². The van der Waals surface area contributed by atoms with Crippen LogP contribution in [0.2, 0.25) is 0 Å². The van der Waals surface area contributed by atoms with E-state index in [4.69, 9.17) is 14.2 Å². The number of fused-ring (bicyclic) bond motifs is 1. The number of nitrogens with one attached hydrogen (secondary N) is 1. The van der Waals surface area contributed by atoms with Gasteiger partial charge < -0.3 is 24.4 Å². The van der Waals surface area contributed by atoms with Crippen molar-refractivity contribution in [3.8, 4) is 17.2 Å². The minimum atomic E-state index is 0.0651. The second-order valence-electron chi connectivity index (χ2n) is 10.0. The summed E-state index contributed by atoms with van der Waals surface area (Å²) < 4.78 is 16.5. The number of carbonyl (C=O) groups excluding carboxylic acids is 2. The first-order valence-corrected chi connectivity index (χ1v) is 13.7. The highest BCUT2D eigenvalue weighted by molar-refractivity contribution is 5.96. The lowest BCUT2D eigenvalue weighted by atomic mass is 10.0. The van der Waals surface area contributed by atoms with E-state index in [1.54, 1.807) is 7.11 Å². The molecule has 2 aromatic carbocycles. The molecule has 0 bridgehead atoms. The van der Waals surface area contributed by atoms with E-state index in [1.807, 2.05) is 36.4 Å². The number of hydrogen-bond donors (Lipinski definition) is 1. The Morgan fingerprint density at radius 3 is 2.35 bits per heavy atom. The third-order valence-electron chi connectivity index (χ3n) is 7.10. The molecule has 7 nitrogen and oxygen atoms in total. The van der Waals surface area contributed by atoms with Gasteiger partial charge in [-0.15, -0.1) is 0 Å². The van der Waals surface area contributed by atoms with Gasteiger partial charge in [-0.25, -0.2) is 0 Å². The zero-order valence-corrected chi connectivity index (χ0v) is 22.0. The molecular weight excluding hydrogens is 468 g/mol. The fourth-order valence-electron chi connectivity index (χ4n) is 5.08. The van der Waals surface area contributed by atoms with Gasteiger partial charge in [0.1, 0.15) is 19.0 Å². The van der Waals surface area contributed by atoms with Crippen molar-refractivity contribution >= 4 is 11.7 Å². The molecule has 200 valence electrons. The lowest BCUT2D eigenvalue weighted by molar-refractivity contribution is -0.122. The molecule has 1 amide bonds. The molecular formula is C30H40N2O5. The van der Waals surface area contributed by atoms with Crippen LogP contribution in [0.25, 0.3) is 0 Å². The van der Waals surface area contributed by atoms with Gasteiger partial charge in [-0.1, -0.05) is 18.9 Å². The Morgan fingerprint density at radius 2 is 1.62 bits per heavy atom. The number of likely N-dealkylation sites (tertiary alicyclic amines) is 1. The first kappa shape index (κ1) is 27.0. The van der Waals surface area contributed by atoms with Crippen LogP contribution in [0.1, 0.15) is 67.3 Å². The second-order valence-corrected chi connectivity index (χ2v) is 10.0. The quantitative estimate of drug-likeness (QED) is 0.291.